The number of urea groups is 1. The predicted molar refractivity (Wildman–Crippen MR) is 140 cm³/mol. The average Bonchev–Trinajstić information content (AvgIpc) is 3.24. The van der Waals surface area contributed by atoms with Gasteiger partial charge in [0.25, 0.3) is 0 Å². The molecule has 2 atom stereocenters. The van der Waals surface area contributed by atoms with Crippen molar-refractivity contribution in [3.05, 3.63) is 17.7 Å². The van der Waals surface area contributed by atoms with Crippen LogP contribution in [0.3, 0.4) is 0 Å². The first-order valence-electron chi connectivity index (χ1n) is 13.3. The van der Waals surface area contributed by atoms with Crippen LogP contribution < -0.4 is 15.5 Å². The summed E-state index contributed by atoms with van der Waals surface area (Å²) in [6.45, 7) is 15.0. The molecule has 0 unspecified atom stereocenters. The smallest absolute Gasteiger partial charge is 0.325 e. The summed E-state index contributed by atoms with van der Waals surface area (Å²) in [5.41, 5.74) is 0.881. The van der Waals surface area contributed by atoms with Gasteiger partial charge in [-0.15, -0.1) is 0 Å². The first kappa shape index (κ1) is 25.7. The van der Waals surface area contributed by atoms with Crippen LogP contribution in [0, 0.1) is 11.7 Å². The Hall–Kier alpha value is -2.99. The normalized spacial score (nSPS) is 23.9. The Bertz CT molecular complexity index is 1130. The Balaban J connectivity index is 1.32. The number of rotatable bonds is 6. The highest BCUT2D eigenvalue weighted by Gasteiger charge is 2.52. The molecule has 3 aliphatic heterocycles. The summed E-state index contributed by atoms with van der Waals surface area (Å²) in [6, 6.07) is 0.255. The summed E-state index contributed by atoms with van der Waals surface area (Å²) in [6.07, 6.45) is 3.32. The van der Waals surface area contributed by atoms with Gasteiger partial charge in [-0.05, 0) is 53.4 Å². The van der Waals surface area contributed by atoms with E-state index in [0.29, 0.717) is 36.5 Å². The minimum atomic E-state index is -0.599. The molecule has 0 saturated carbocycles. The summed E-state index contributed by atoms with van der Waals surface area (Å²) in [7, 11) is 0. The lowest BCUT2D eigenvalue weighted by Crippen LogP contribution is -2.65. The van der Waals surface area contributed by atoms with Crippen molar-refractivity contribution >= 4 is 29.3 Å². The molecule has 5 rings (SSSR count). The number of nitrogens with zero attached hydrogens (tertiary/aromatic N) is 6. The van der Waals surface area contributed by atoms with Crippen molar-refractivity contribution in [3.8, 4) is 0 Å². The van der Waals surface area contributed by atoms with Crippen molar-refractivity contribution in [3.63, 3.8) is 0 Å². The predicted octanol–water partition coefficient (Wildman–Crippen LogP) is 3.51. The van der Waals surface area contributed by atoms with Crippen LogP contribution in [0.4, 0.5) is 32.5 Å². The van der Waals surface area contributed by atoms with E-state index in [1.807, 2.05) is 25.7 Å². The number of amides is 2. The Morgan fingerprint density at radius 2 is 1.97 bits per heavy atom. The molecule has 2 aromatic heterocycles. The van der Waals surface area contributed by atoms with Gasteiger partial charge in [-0.1, -0.05) is 0 Å². The summed E-state index contributed by atoms with van der Waals surface area (Å²) >= 11 is 0. The number of carbonyl (C=O) groups excluding carboxylic acids is 1. The minimum absolute atomic E-state index is 0.000993. The molecule has 2 amide bonds. The van der Waals surface area contributed by atoms with E-state index in [-0.39, 0.29) is 23.9 Å². The molecule has 0 bridgehead atoms. The number of nitrogens with one attached hydrogen (secondary N) is 3. The van der Waals surface area contributed by atoms with Gasteiger partial charge in [0.2, 0.25) is 5.95 Å². The number of hydrogen-bond acceptors (Lipinski definition) is 8. The number of anilines is 4. The van der Waals surface area contributed by atoms with Gasteiger partial charge in [-0.25, -0.2) is 14.2 Å². The fourth-order valence-electron chi connectivity index (χ4n) is 5.66. The molecule has 0 spiro atoms. The maximum absolute atomic E-state index is 14.5. The monoisotopic (exact) mass is 515 g/mol. The number of carbonyl (C=O) groups is 1. The number of halogens is 1. The summed E-state index contributed by atoms with van der Waals surface area (Å²) in [4.78, 5) is 28.4. The van der Waals surface area contributed by atoms with Crippen LogP contribution in [0.1, 0.15) is 53.2 Å². The number of hydrogen-bond donors (Lipinski definition) is 3. The van der Waals surface area contributed by atoms with Gasteiger partial charge in [0.05, 0.1) is 17.4 Å². The van der Waals surface area contributed by atoms with Crippen molar-refractivity contribution in [2.45, 2.75) is 65.1 Å². The molecule has 0 radical (unpaired) electrons. The van der Waals surface area contributed by atoms with E-state index in [4.69, 9.17) is 4.74 Å². The topological polar surface area (TPSA) is 115 Å². The fourth-order valence-corrected chi connectivity index (χ4v) is 5.66. The molecule has 0 aromatic carbocycles. The van der Waals surface area contributed by atoms with Crippen molar-refractivity contribution in [1.82, 2.24) is 30.0 Å². The standard InChI is InChI=1S/C25H38FN9O2/c1-6-27-23-28-11-18(26)21(30-23)29-22-19-20(31-32-22)25(4,5)35(19)24(36)34-13-15(2)33(12-16(34)3)14-17-7-9-37-10-8-17/h11,15-17H,6-10,12-14H2,1-5H3,(H3,27,28,29,30,31,32)/t15-,16+/m1/s1. The van der Waals surface area contributed by atoms with E-state index in [0.717, 1.165) is 51.0 Å². The lowest BCUT2D eigenvalue weighted by atomic mass is 9.87. The highest BCUT2D eigenvalue weighted by atomic mass is 19.1. The molecule has 37 heavy (non-hydrogen) atoms. The zero-order valence-corrected chi connectivity index (χ0v) is 22.3. The molecule has 202 valence electrons. The number of fused-ring (bicyclic) bond motifs is 1. The third-order valence-electron chi connectivity index (χ3n) is 7.84. The highest BCUT2D eigenvalue weighted by molar-refractivity contribution is 6.02. The Labute approximate surface area is 217 Å². The number of ether oxygens (including phenoxy) is 1. The fraction of sp³-hybridized carbons (Fsp3) is 0.680. The lowest BCUT2D eigenvalue weighted by molar-refractivity contribution is 0.0191. The molecule has 2 aromatic rings. The number of H-pyrrole nitrogens is 1. The number of aromatic nitrogens is 4. The van der Waals surface area contributed by atoms with Crippen molar-refractivity contribution in [1.29, 1.82) is 0 Å². The van der Waals surface area contributed by atoms with Crippen molar-refractivity contribution in [2.24, 2.45) is 5.92 Å². The van der Waals surface area contributed by atoms with Crippen LogP contribution in [-0.2, 0) is 10.3 Å². The highest BCUT2D eigenvalue weighted by Crippen LogP contribution is 2.51. The van der Waals surface area contributed by atoms with E-state index in [1.165, 1.54) is 0 Å². The first-order valence-corrected chi connectivity index (χ1v) is 13.3. The average molecular weight is 516 g/mol. The van der Waals surface area contributed by atoms with Crippen LogP contribution in [-0.4, -0.2) is 87.5 Å². The number of piperazine rings is 1. The third kappa shape index (κ3) is 4.72. The Morgan fingerprint density at radius 1 is 1.22 bits per heavy atom. The van der Waals surface area contributed by atoms with Gasteiger partial charge in [0.15, 0.2) is 17.5 Å². The molecule has 3 N–H and O–H groups in total. The van der Waals surface area contributed by atoms with Crippen LogP contribution in [0.2, 0.25) is 0 Å². The van der Waals surface area contributed by atoms with Gasteiger partial charge in [-0.3, -0.25) is 14.9 Å². The minimum Gasteiger partial charge on any atom is -0.381 e. The van der Waals surface area contributed by atoms with Crippen molar-refractivity contribution in [2.75, 3.05) is 54.9 Å². The molecule has 5 heterocycles. The molecule has 0 aliphatic carbocycles. The quantitative estimate of drug-likeness (QED) is 0.536. The molecule has 2 fully saturated rings. The van der Waals surface area contributed by atoms with Gasteiger partial charge in [0.1, 0.15) is 5.69 Å². The van der Waals surface area contributed by atoms with Crippen LogP contribution in [0.25, 0.3) is 0 Å². The van der Waals surface area contributed by atoms with Crippen LogP contribution in [0.5, 0.6) is 0 Å². The van der Waals surface area contributed by atoms with Gasteiger partial charge in [0, 0.05) is 51.5 Å². The molecule has 2 saturated heterocycles. The van der Waals surface area contributed by atoms with Gasteiger partial charge < -0.3 is 20.3 Å². The zero-order valence-electron chi connectivity index (χ0n) is 22.3. The zero-order chi connectivity index (χ0) is 26.3. The SMILES string of the molecule is CCNc1ncc(F)c(Nc2n[nH]c3c2N(C(=O)N2C[C@@H](C)N(CC4CCOCC4)C[C@@H]2C)C3(C)C)n1. The Morgan fingerprint density at radius 3 is 2.70 bits per heavy atom. The largest absolute Gasteiger partial charge is 0.381 e. The third-order valence-corrected chi connectivity index (χ3v) is 7.84. The molecular formula is C25H38FN9O2. The van der Waals surface area contributed by atoms with Crippen LogP contribution in [0.15, 0.2) is 6.20 Å². The first-order chi connectivity index (χ1) is 17.7. The Kier molecular flexibility index (Phi) is 6.97. The summed E-state index contributed by atoms with van der Waals surface area (Å²) in [5, 5.41) is 13.3. The van der Waals surface area contributed by atoms with E-state index in [9.17, 15) is 9.18 Å². The second kappa shape index (κ2) is 10.1. The van der Waals surface area contributed by atoms with E-state index in [1.54, 1.807) is 4.90 Å². The van der Waals surface area contributed by atoms with Crippen molar-refractivity contribution < 1.29 is 13.9 Å². The second-order valence-electron chi connectivity index (χ2n) is 10.9. The van der Waals surface area contributed by atoms with Crippen LogP contribution >= 0.6 is 0 Å². The van der Waals surface area contributed by atoms with E-state index < -0.39 is 11.4 Å². The van der Waals surface area contributed by atoms with Gasteiger partial charge in [-0.2, -0.15) is 10.1 Å². The summed E-state index contributed by atoms with van der Waals surface area (Å²) < 4.78 is 20.0. The summed E-state index contributed by atoms with van der Waals surface area (Å²) in [5.74, 6) is 0.730. The van der Waals surface area contributed by atoms with Gasteiger partial charge >= 0.3 is 6.03 Å². The molecule has 3 aliphatic rings. The second-order valence-corrected chi connectivity index (χ2v) is 10.9. The molecule has 11 nitrogen and oxygen atoms in total. The molecule has 12 heteroatoms. The lowest BCUT2D eigenvalue weighted by Gasteiger charge is -2.52. The maximum atomic E-state index is 14.5. The molecular weight excluding hydrogens is 477 g/mol. The maximum Gasteiger partial charge on any atom is 0.325 e. The number of aromatic amines is 1. The van der Waals surface area contributed by atoms with E-state index in [2.05, 4.69) is 49.5 Å². The van der Waals surface area contributed by atoms with E-state index >= 15 is 0 Å².